The summed E-state index contributed by atoms with van der Waals surface area (Å²) in [5.41, 5.74) is 7.69. The van der Waals surface area contributed by atoms with Crippen molar-refractivity contribution in [3.05, 3.63) is 11.5 Å². The third kappa shape index (κ3) is 2.74. The van der Waals surface area contributed by atoms with Crippen molar-refractivity contribution in [1.82, 2.24) is 10.3 Å². The molecular weight excluding hydrogens is 182 g/mol. The molecule has 0 aromatic heterocycles. The molecule has 0 aliphatic carbocycles. The molecule has 0 saturated heterocycles. The molecule has 0 atom stereocenters. The van der Waals surface area contributed by atoms with Crippen LogP contribution >= 0.6 is 0 Å². The molecule has 0 rings (SSSR count). The van der Waals surface area contributed by atoms with Crippen molar-refractivity contribution in [3.8, 4) is 0 Å². The van der Waals surface area contributed by atoms with Crippen molar-refractivity contribution in [2.45, 2.75) is 19.9 Å². The summed E-state index contributed by atoms with van der Waals surface area (Å²) in [7, 11) is 1.76. The highest BCUT2D eigenvalue weighted by Gasteiger charge is 2.15. The first-order valence-corrected chi connectivity index (χ1v) is 4.16. The van der Waals surface area contributed by atoms with Crippen LogP contribution in [-0.2, 0) is 4.79 Å². The first kappa shape index (κ1) is 12.4. The normalized spacial score (nSPS) is 12.1. The first-order valence-electron chi connectivity index (χ1n) is 4.16. The number of nitrogens with one attached hydrogen (secondary N) is 1. The van der Waals surface area contributed by atoms with Crippen LogP contribution < -0.4 is 17.0 Å². The molecule has 0 heterocycles. The van der Waals surface area contributed by atoms with Gasteiger partial charge in [0.1, 0.15) is 5.82 Å². The number of nitrogens with two attached hydrogens (primary N) is 2. The Kier molecular flexibility index (Phi) is 4.65. The summed E-state index contributed by atoms with van der Waals surface area (Å²) in [6.07, 6.45) is 0. The molecule has 6 heteroatoms. The maximum absolute atomic E-state index is 11.2. The van der Waals surface area contributed by atoms with E-state index >= 15 is 0 Å². The number of amides is 1. The second kappa shape index (κ2) is 5.23. The van der Waals surface area contributed by atoms with Gasteiger partial charge in [-0.1, -0.05) is 0 Å². The van der Waals surface area contributed by atoms with Crippen LogP contribution in [0.1, 0.15) is 13.8 Å². The van der Waals surface area contributed by atoms with Gasteiger partial charge in [-0.15, -0.1) is 0 Å². The van der Waals surface area contributed by atoms with Gasteiger partial charge in [-0.3, -0.25) is 15.2 Å². The second-order valence-corrected chi connectivity index (χ2v) is 3.07. The van der Waals surface area contributed by atoms with Crippen molar-refractivity contribution in [3.63, 3.8) is 0 Å². The third-order valence-corrected chi connectivity index (χ3v) is 1.90. The average Bonchev–Trinajstić information content (AvgIpc) is 2.16. The highest BCUT2D eigenvalue weighted by molar-refractivity contribution is 5.93. The summed E-state index contributed by atoms with van der Waals surface area (Å²) < 4.78 is 0. The fourth-order valence-corrected chi connectivity index (χ4v) is 0.783. The zero-order valence-corrected chi connectivity index (χ0v) is 8.74. The molecular formula is C8H17N5O. The lowest BCUT2D eigenvalue weighted by molar-refractivity contribution is -0.117. The predicted octanol–water partition coefficient (Wildman–Crippen LogP) is -0.855. The molecule has 0 aliphatic rings. The van der Waals surface area contributed by atoms with Crippen molar-refractivity contribution in [2.24, 2.45) is 16.6 Å². The Balaban J connectivity index is 5.01. The van der Waals surface area contributed by atoms with Crippen molar-refractivity contribution in [1.29, 1.82) is 0 Å². The Morgan fingerprint density at radius 2 is 2.07 bits per heavy atom. The summed E-state index contributed by atoms with van der Waals surface area (Å²) in [6, 6.07) is 0.164. The van der Waals surface area contributed by atoms with Crippen LogP contribution in [-0.4, -0.2) is 30.6 Å². The number of nitrogens with zero attached hydrogens (tertiary/aromatic N) is 2. The molecule has 5 N–H and O–H groups in total. The minimum absolute atomic E-state index is 0.0312. The third-order valence-electron chi connectivity index (χ3n) is 1.90. The molecule has 0 aliphatic heterocycles. The molecule has 6 nitrogen and oxygen atoms in total. The number of hydrogen-bond donors (Lipinski definition) is 3. The molecule has 0 aromatic rings. The fourth-order valence-electron chi connectivity index (χ4n) is 0.783. The minimum Gasteiger partial charge on any atom is -0.383 e. The molecule has 1 amide bonds. The van der Waals surface area contributed by atoms with Gasteiger partial charge in [0.15, 0.2) is 5.70 Å². The monoisotopic (exact) mass is 199 g/mol. The zero-order chi connectivity index (χ0) is 11.3. The van der Waals surface area contributed by atoms with E-state index in [0.29, 0.717) is 0 Å². The van der Waals surface area contributed by atoms with E-state index < -0.39 is 5.91 Å². The van der Waals surface area contributed by atoms with Crippen molar-refractivity contribution >= 4 is 12.6 Å². The Labute approximate surface area is 83.6 Å². The summed E-state index contributed by atoms with van der Waals surface area (Å²) in [5.74, 6) is 4.66. The Bertz CT molecular complexity index is 258. The number of carbonyl (C=O) groups excluding carboxylic acids is 1. The van der Waals surface area contributed by atoms with Crippen LogP contribution in [0, 0.1) is 0 Å². The van der Waals surface area contributed by atoms with Crippen LogP contribution in [0.3, 0.4) is 0 Å². The van der Waals surface area contributed by atoms with Gasteiger partial charge < -0.3 is 10.6 Å². The van der Waals surface area contributed by atoms with E-state index in [4.69, 9.17) is 11.6 Å². The van der Waals surface area contributed by atoms with E-state index in [2.05, 4.69) is 11.7 Å². The Hall–Kier alpha value is -1.56. The Morgan fingerprint density at radius 3 is 2.36 bits per heavy atom. The number of hydrogen-bond acceptors (Lipinski definition) is 5. The Morgan fingerprint density at radius 1 is 1.57 bits per heavy atom. The number of carbonyl (C=O) groups is 1. The van der Waals surface area contributed by atoms with Crippen LogP contribution in [0.2, 0.25) is 0 Å². The van der Waals surface area contributed by atoms with E-state index in [1.165, 1.54) is 0 Å². The summed E-state index contributed by atoms with van der Waals surface area (Å²) >= 11 is 0. The molecule has 0 saturated carbocycles. The molecule has 80 valence electrons. The van der Waals surface area contributed by atoms with Gasteiger partial charge in [0.2, 0.25) is 0 Å². The summed E-state index contributed by atoms with van der Waals surface area (Å²) in [5, 5.41) is 0. The maximum atomic E-state index is 11.2. The van der Waals surface area contributed by atoms with E-state index in [-0.39, 0.29) is 17.6 Å². The predicted molar refractivity (Wildman–Crippen MR) is 56.0 cm³/mol. The van der Waals surface area contributed by atoms with Gasteiger partial charge in [0.05, 0.1) is 0 Å². The molecule has 0 fully saturated rings. The lowest BCUT2D eigenvalue weighted by Crippen LogP contribution is -2.37. The topological polar surface area (TPSA) is 96.7 Å². The van der Waals surface area contributed by atoms with E-state index in [1.54, 1.807) is 11.9 Å². The van der Waals surface area contributed by atoms with Crippen LogP contribution in [0.15, 0.2) is 16.5 Å². The van der Waals surface area contributed by atoms with Gasteiger partial charge >= 0.3 is 0 Å². The molecule has 0 unspecified atom stereocenters. The van der Waals surface area contributed by atoms with Gasteiger partial charge in [0, 0.05) is 13.1 Å². The smallest absolute Gasteiger partial charge is 0.287 e. The second-order valence-electron chi connectivity index (χ2n) is 3.07. The lowest BCUT2D eigenvalue weighted by atomic mass is 10.3. The largest absolute Gasteiger partial charge is 0.383 e. The number of hydrazine groups is 1. The number of aliphatic imine (C=N–C) groups is 1. The molecule has 14 heavy (non-hydrogen) atoms. The molecule has 0 spiro atoms. The quantitative estimate of drug-likeness (QED) is 0.180. The van der Waals surface area contributed by atoms with E-state index in [9.17, 15) is 4.79 Å². The fraction of sp³-hybridized carbons (Fsp3) is 0.500. The summed E-state index contributed by atoms with van der Waals surface area (Å²) in [4.78, 5) is 16.4. The van der Waals surface area contributed by atoms with E-state index in [1.807, 2.05) is 19.3 Å². The highest BCUT2D eigenvalue weighted by atomic mass is 16.2. The summed E-state index contributed by atoms with van der Waals surface area (Å²) in [6.45, 7) is 7.14. The number of rotatable bonds is 4. The van der Waals surface area contributed by atoms with Crippen LogP contribution in [0.4, 0.5) is 0 Å². The van der Waals surface area contributed by atoms with Crippen LogP contribution in [0.5, 0.6) is 0 Å². The van der Waals surface area contributed by atoms with Gasteiger partial charge in [-0.25, -0.2) is 5.84 Å². The first-order chi connectivity index (χ1) is 6.45. The SMILES string of the molecule is C=N/C(C(=O)NN)=C(/N)N(C)C(C)C. The molecule has 0 bridgehead atoms. The maximum Gasteiger partial charge on any atom is 0.287 e. The van der Waals surface area contributed by atoms with Crippen molar-refractivity contribution in [2.75, 3.05) is 7.05 Å². The molecule has 0 aromatic carbocycles. The minimum atomic E-state index is -0.551. The standard InChI is InChI=1S/C8H17N5O/c1-5(2)13(4)7(9)6(11-3)8(14)12-10/h5H,3,9-10H2,1-2,4H3,(H,12,14)/b7-6-. The highest BCUT2D eigenvalue weighted by Crippen LogP contribution is 2.07. The zero-order valence-electron chi connectivity index (χ0n) is 8.74. The van der Waals surface area contributed by atoms with Crippen molar-refractivity contribution < 1.29 is 4.79 Å². The van der Waals surface area contributed by atoms with Crippen LogP contribution in [0.25, 0.3) is 0 Å². The van der Waals surface area contributed by atoms with Gasteiger partial charge in [-0.2, -0.15) is 0 Å². The van der Waals surface area contributed by atoms with E-state index in [0.717, 1.165) is 0 Å². The van der Waals surface area contributed by atoms with Gasteiger partial charge in [0.25, 0.3) is 5.91 Å². The van der Waals surface area contributed by atoms with Gasteiger partial charge in [-0.05, 0) is 20.6 Å². The molecule has 0 radical (unpaired) electrons. The lowest BCUT2D eigenvalue weighted by Gasteiger charge is -2.24. The average molecular weight is 199 g/mol.